The summed E-state index contributed by atoms with van der Waals surface area (Å²) in [6.45, 7) is 0.0515. The standard InChI is InChI=1S/C24H19NO5S/c26-22(27)14-30-20-12-21(31-23(20)24(28)29)18-6-3-7-19(11-18)25-13-15-8-9-16-4-1-2-5-17(16)10-15/h1-12,25H,13-14H2,(H,26,27)(H,28,29). The van der Waals surface area contributed by atoms with Gasteiger partial charge >= 0.3 is 11.9 Å². The second kappa shape index (κ2) is 8.89. The van der Waals surface area contributed by atoms with E-state index >= 15 is 0 Å². The highest BCUT2D eigenvalue weighted by molar-refractivity contribution is 7.17. The molecule has 0 aliphatic heterocycles. The summed E-state index contributed by atoms with van der Waals surface area (Å²) >= 11 is 1.05. The summed E-state index contributed by atoms with van der Waals surface area (Å²) in [7, 11) is 0. The molecular formula is C24H19NO5S. The molecule has 0 saturated carbocycles. The van der Waals surface area contributed by atoms with Crippen molar-refractivity contribution in [2.75, 3.05) is 11.9 Å². The van der Waals surface area contributed by atoms with Gasteiger partial charge in [0.05, 0.1) is 0 Å². The van der Waals surface area contributed by atoms with Crippen LogP contribution in [-0.4, -0.2) is 28.8 Å². The zero-order chi connectivity index (χ0) is 21.8. The van der Waals surface area contributed by atoms with E-state index in [1.807, 2.05) is 36.4 Å². The van der Waals surface area contributed by atoms with E-state index in [9.17, 15) is 14.7 Å². The maximum absolute atomic E-state index is 11.5. The van der Waals surface area contributed by atoms with Gasteiger partial charge in [0.1, 0.15) is 5.75 Å². The van der Waals surface area contributed by atoms with Crippen LogP contribution in [0.5, 0.6) is 5.75 Å². The van der Waals surface area contributed by atoms with E-state index in [4.69, 9.17) is 9.84 Å². The number of fused-ring (bicyclic) bond motifs is 1. The minimum Gasteiger partial charge on any atom is -0.480 e. The van der Waals surface area contributed by atoms with Gasteiger partial charge in [-0.15, -0.1) is 11.3 Å². The van der Waals surface area contributed by atoms with Crippen molar-refractivity contribution in [1.29, 1.82) is 0 Å². The van der Waals surface area contributed by atoms with Gasteiger partial charge in [-0.1, -0.05) is 48.5 Å². The van der Waals surface area contributed by atoms with E-state index < -0.39 is 18.5 Å². The second-order valence-corrected chi connectivity index (χ2v) is 7.96. The van der Waals surface area contributed by atoms with E-state index in [0.717, 1.165) is 28.2 Å². The Kier molecular flexibility index (Phi) is 5.86. The molecule has 3 aromatic carbocycles. The summed E-state index contributed by atoms with van der Waals surface area (Å²) in [5.41, 5.74) is 2.86. The number of hydrogen-bond donors (Lipinski definition) is 3. The lowest BCUT2D eigenvalue weighted by molar-refractivity contribution is -0.139. The van der Waals surface area contributed by atoms with Crippen molar-refractivity contribution >= 4 is 39.7 Å². The van der Waals surface area contributed by atoms with Gasteiger partial charge in [-0.05, 0) is 46.2 Å². The van der Waals surface area contributed by atoms with Gasteiger partial charge in [-0.3, -0.25) is 0 Å². The van der Waals surface area contributed by atoms with Crippen molar-refractivity contribution in [3.63, 3.8) is 0 Å². The fraction of sp³-hybridized carbons (Fsp3) is 0.0833. The van der Waals surface area contributed by atoms with Crippen LogP contribution in [0.1, 0.15) is 15.2 Å². The number of hydrogen-bond acceptors (Lipinski definition) is 5. The second-order valence-electron chi connectivity index (χ2n) is 6.91. The SMILES string of the molecule is O=C(O)COc1cc(-c2cccc(NCc3ccc4ccccc4c3)c2)sc1C(=O)O. The van der Waals surface area contributed by atoms with Crippen LogP contribution in [0.3, 0.4) is 0 Å². The van der Waals surface area contributed by atoms with Gasteiger partial charge < -0.3 is 20.3 Å². The maximum Gasteiger partial charge on any atom is 0.349 e. The summed E-state index contributed by atoms with van der Waals surface area (Å²) in [5, 5.41) is 24.0. The van der Waals surface area contributed by atoms with Crippen molar-refractivity contribution in [1.82, 2.24) is 0 Å². The average molecular weight is 433 g/mol. The minimum absolute atomic E-state index is 0.0224. The number of carboxylic acid groups (broad SMARTS) is 2. The number of nitrogens with one attached hydrogen (secondary N) is 1. The largest absolute Gasteiger partial charge is 0.480 e. The lowest BCUT2D eigenvalue weighted by Gasteiger charge is -2.09. The van der Waals surface area contributed by atoms with Crippen LogP contribution in [0.2, 0.25) is 0 Å². The predicted octanol–water partition coefficient (Wildman–Crippen LogP) is 5.34. The number of carboxylic acids is 2. The summed E-state index contributed by atoms with van der Waals surface area (Å²) in [5.74, 6) is -2.25. The number of anilines is 1. The minimum atomic E-state index is -1.16. The Morgan fingerprint density at radius 1 is 0.903 bits per heavy atom. The molecule has 0 fully saturated rings. The van der Waals surface area contributed by atoms with Crippen molar-refractivity contribution in [2.45, 2.75) is 6.54 Å². The van der Waals surface area contributed by atoms with Gasteiger partial charge in [0.15, 0.2) is 11.5 Å². The van der Waals surface area contributed by atoms with E-state index in [0.29, 0.717) is 11.4 Å². The highest BCUT2D eigenvalue weighted by atomic mass is 32.1. The van der Waals surface area contributed by atoms with Gasteiger partial charge in [-0.2, -0.15) is 0 Å². The molecule has 4 aromatic rings. The third-order valence-electron chi connectivity index (χ3n) is 4.70. The predicted molar refractivity (Wildman–Crippen MR) is 121 cm³/mol. The average Bonchev–Trinajstić information content (AvgIpc) is 3.21. The number of aromatic carboxylic acids is 1. The fourth-order valence-corrected chi connectivity index (χ4v) is 4.18. The first-order valence-corrected chi connectivity index (χ1v) is 10.3. The van der Waals surface area contributed by atoms with Crippen molar-refractivity contribution in [2.24, 2.45) is 0 Å². The van der Waals surface area contributed by atoms with Crippen LogP contribution in [0.15, 0.2) is 72.8 Å². The van der Waals surface area contributed by atoms with E-state index in [1.165, 1.54) is 10.8 Å². The van der Waals surface area contributed by atoms with Gasteiger partial charge in [0, 0.05) is 17.1 Å². The molecule has 0 amide bonds. The molecule has 7 heteroatoms. The molecular weight excluding hydrogens is 414 g/mol. The third-order valence-corrected chi connectivity index (χ3v) is 5.85. The zero-order valence-corrected chi connectivity index (χ0v) is 17.2. The number of rotatable bonds is 8. The van der Waals surface area contributed by atoms with Crippen molar-refractivity contribution in [3.8, 4) is 16.2 Å². The molecule has 0 radical (unpaired) electrons. The fourth-order valence-electron chi connectivity index (χ4n) is 3.25. The molecule has 0 unspecified atom stereocenters. The van der Waals surface area contributed by atoms with Gasteiger partial charge in [0.25, 0.3) is 0 Å². The van der Waals surface area contributed by atoms with E-state index in [2.05, 4.69) is 35.6 Å². The molecule has 0 spiro atoms. The van der Waals surface area contributed by atoms with Crippen molar-refractivity contribution < 1.29 is 24.5 Å². The number of thiophene rings is 1. The number of ether oxygens (including phenoxy) is 1. The Morgan fingerprint density at radius 3 is 2.48 bits per heavy atom. The van der Waals surface area contributed by atoms with E-state index in [-0.39, 0.29) is 10.6 Å². The molecule has 6 nitrogen and oxygen atoms in total. The van der Waals surface area contributed by atoms with Crippen LogP contribution in [0, 0.1) is 0 Å². The lowest BCUT2D eigenvalue weighted by Crippen LogP contribution is -2.10. The molecule has 3 N–H and O–H groups in total. The van der Waals surface area contributed by atoms with Gasteiger partial charge in [-0.25, -0.2) is 9.59 Å². The maximum atomic E-state index is 11.5. The van der Waals surface area contributed by atoms with E-state index in [1.54, 1.807) is 6.07 Å². The van der Waals surface area contributed by atoms with Crippen LogP contribution in [-0.2, 0) is 11.3 Å². The normalized spacial score (nSPS) is 10.7. The topological polar surface area (TPSA) is 95.9 Å². The molecule has 0 aliphatic rings. The molecule has 1 aromatic heterocycles. The monoisotopic (exact) mass is 433 g/mol. The zero-order valence-electron chi connectivity index (χ0n) is 16.4. The highest BCUT2D eigenvalue weighted by Gasteiger charge is 2.18. The summed E-state index contributed by atoms with van der Waals surface area (Å²) in [6, 6.07) is 23.7. The first kappa shape index (κ1) is 20.4. The number of carbonyl (C=O) groups is 2. The van der Waals surface area contributed by atoms with Crippen LogP contribution in [0.4, 0.5) is 5.69 Å². The van der Waals surface area contributed by atoms with Gasteiger partial charge in [0.2, 0.25) is 0 Å². The Hall–Kier alpha value is -3.84. The smallest absolute Gasteiger partial charge is 0.349 e. The first-order chi connectivity index (χ1) is 15.0. The Labute approximate surface area is 182 Å². The molecule has 0 bridgehead atoms. The van der Waals surface area contributed by atoms with Crippen LogP contribution < -0.4 is 10.1 Å². The van der Waals surface area contributed by atoms with Crippen LogP contribution >= 0.6 is 11.3 Å². The highest BCUT2D eigenvalue weighted by Crippen LogP contribution is 2.37. The molecule has 156 valence electrons. The number of benzene rings is 3. The summed E-state index contributed by atoms with van der Waals surface area (Å²) in [4.78, 5) is 22.9. The molecule has 0 saturated heterocycles. The Morgan fingerprint density at radius 2 is 1.71 bits per heavy atom. The third kappa shape index (κ3) is 4.84. The molecule has 0 aliphatic carbocycles. The Bertz CT molecular complexity index is 1260. The number of aliphatic carboxylic acids is 1. The lowest BCUT2D eigenvalue weighted by atomic mass is 10.1. The quantitative estimate of drug-likeness (QED) is 0.347. The molecule has 31 heavy (non-hydrogen) atoms. The van der Waals surface area contributed by atoms with Crippen molar-refractivity contribution in [3.05, 3.63) is 83.2 Å². The molecule has 0 atom stereocenters. The van der Waals surface area contributed by atoms with Crippen LogP contribution in [0.25, 0.3) is 21.2 Å². The summed E-state index contributed by atoms with van der Waals surface area (Å²) in [6.07, 6.45) is 0. The first-order valence-electron chi connectivity index (χ1n) is 9.53. The summed E-state index contributed by atoms with van der Waals surface area (Å²) < 4.78 is 5.15. The molecule has 4 rings (SSSR count). The molecule has 1 heterocycles. The Balaban J connectivity index is 1.53.